The summed E-state index contributed by atoms with van der Waals surface area (Å²) in [5.74, 6) is 0.253. The van der Waals surface area contributed by atoms with Gasteiger partial charge in [-0.1, -0.05) is 11.6 Å². The van der Waals surface area contributed by atoms with Crippen molar-refractivity contribution in [3.05, 3.63) is 34.3 Å². The predicted molar refractivity (Wildman–Crippen MR) is 82.7 cm³/mol. The second-order valence-electron chi connectivity index (χ2n) is 5.51. The second-order valence-corrected chi connectivity index (χ2v) is 5.91. The molecule has 0 spiro atoms. The van der Waals surface area contributed by atoms with Gasteiger partial charge in [0.25, 0.3) is 5.91 Å². The number of nitrogens with one attached hydrogen (secondary N) is 1. The van der Waals surface area contributed by atoms with Gasteiger partial charge in [-0.2, -0.15) is 0 Å². The maximum atomic E-state index is 12.4. The van der Waals surface area contributed by atoms with E-state index in [0.717, 1.165) is 31.6 Å². The Kier molecular flexibility index (Phi) is 6.03. The number of aliphatic hydroxyl groups excluding tert-OH is 1. The number of hydrogen-bond acceptors (Lipinski definition) is 3. The molecule has 1 atom stereocenters. The molecule has 21 heavy (non-hydrogen) atoms. The van der Waals surface area contributed by atoms with E-state index >= 15 is 0 Å². The molecule has 2 N–H and O–H groups in total. The molecule has 0 radical (unpaired) electrons. The summed E-state index contributed by atoms with van der Waals surface area (Å²) in [6.07, 6.45) is 2.41. The summed E-state index contributed by atoms with van der Waals surface area (Å²) in [4.78, 5) is 12.4. The largest absolute Gasteiger partial charge is 0.396 e. The molecule has 116 valence electrons. The molecule has 4 nitrogen and oxygen atoms in total. The first-order valence-corrected chi connectivity index (χ1v) is 7.75. The van der Waals surface area contributed by atoms with Crippen LogP contribution >= 0.6 is 11.6 Å². The number of hydrogen-bond donors (Lipinski definition) is 2. The molecular formula is C16H22ClNO3. The van der Waals surface area contributed by atoms with E-state index in [-0.39, 0.29) is 18.6 Å². The molecule has 1 saturated heterocycles. The molecule has 2 rings (SSSR count). The fraction of sp³-hybridized carbons (Fsp3) is 0.562. The van der Waals surface area contributed by atoms with E-state index < -0.39 is 0 Å². The molecule has 0 aliphatic carbocycles. The Balaban J connectivity index is 2.04. The minimum atomic E-state index is -0.111. The molecule has 1 aliphatic heterocycles. The van der Waals surface area contributed by atoms with Gasteiger partial charge in [0.2, 0.25) is 0 Å². The van der Waals surface area contributed by atoms with Crippen molar-refractivity contribution in [2.24, 2.45) is 5.92 Å². The van der Waals surface area contributed by atoms with E-state index in [1.807, 2.05) is 6.92 Å². The van der Waals surface area contributed by atoms with E-state index in [1.54, 1.807) is 18.2 Å². The van der Waals surface area contributed by atoms with Crippen molar-refractivity contribution in [1.29, 1.82) is 0 Å². The predicted octanol–water partition coefficient (Wildman–Crippen LogP) is 2.56. The van der Waals surface area contributed by atoms with Crippen LogP contribution in [0, 0.1) is 12.8 Å². The Bertz CT molecular complexity index is 486. The van der Waals surface area contributed by atoms with Crippen molar-refractivity contribution in [2.75, 3.05) is 19.8 Å². The molecule has 1 aromatic rings. The van der Waals surface area contributed by atoms with E-state index in [9.17, 15) is 9.90 Å². The van der Waals surface area contributed by atoms with Gasteiger partial charge in [0.15, 0.2) is 0 Å². The first-order chi connectivity index (χ1) is 10.1. The summed E-state index contributed by atoms with van der Waals surface area (Å²) in [6.45, 7) is 3.40. The molecule has 0 aromatic heterocycles. The number of amides is 1. The van der Waals surface area contributed by atoms with E-state index in [1.165, 1.54) is 0 Å². The number of benzene rings is 1. The van der Waals surface area contributed by atoms with Gasteiger partial charge < -0.3 is 15.2 Å². The molecule has 1 aliphatic rings. The van der Waals surface area contributed by atoms with Crippen LogP contribution in [0.4, 0.5) is 0 Å². The van der Waals surface area contributed by atoms with Crippen molar-refractivity contribution in [3.8, 4) is 0 Å². The van der Waals surface area contributed by atoms with Crippen LogP contribution < -0.4 is 5.32 Å². The average Bonchev–Trinajstić information content (AvgIpc) is 2.50. The Hall–Kier alpha value is -1.10. The normalized spacial score (nSPS) is 17.5. The van der Waals surface area contributed by atoms with Crippen LogP contribution in [0.5, 0.6) is 0 Å². The van der Waals surface area contributed by atoms with E-state index in [2.05, 4.69) is 5.32 Å². The monoisotopic (exact) mass is 311 g/mol. The van der Waals surface area contributed by atoms with Gasteiger partial charge in [-0.05, 0) is 55.9 Å². The van der Waals surface area contributed by atoms with Crippen LogP contribution in [0.3, 0.4) is 0 Å². The van der Waals surface area contributed by atoms with Crippen molar-refractivity contribution in [3.63, 3.8) is 0 Å². The summed E-state index contributed by atoms with van der Waals surface area (Å²) < 4.78 is 5.36. The Labute approximate surface area is 130 Å². The minimum absolute atomic E-state index is 0.0117. The number of halogens is 1. The molecule has 1 heterocycles. The standard InChI is InChI=1S/C16H22ClNO3/c1-11-10-13(2-3-14(11)17)16(20)18-15(4-7-19)12-5-8-21-9-6-12/h2-3,10,12,15,19H,4-9H2,1H3,(H,18,20). The zero-order chi connectivity index (χ0) is 15.2. The maximum absolute atomic E-state index is 12.4. The Morgan fingerprint density at radius 1 is 1.48 bits per heavy atom. The van der Waals surface area contributed by atoms with Crippen LogP contribution in [0.2, 0.25) is 5.02 Å². The van der Waals surface area contributed by atoms with Crippen molar-refractivity contribution in [1.82, 2.24) is 5.32 Å². The smallest absolute Gasteiger partial charge is 0.251 e. The lowest BCUT2D eigenvalue weighted by Gasteiger charge is -2.30. The van der Waals surface area contributed by atoms with Crippen LogP contribution in [0.25, 0.3) is 0 Å². The fourth-order valence-corrected chi connectivity index (χ4v) is 2.84. The Morgan fingerprint density at radius 2 is 2.19 bits per heavy atom. The van der Waals surface area contributed by atoms with Crippen molar-refractivity contribution in [2.45, 2.75) is 32.2 Å². The molecule has 1 unspecified atom stereocenters. The molecule has 0 saturated carbocycles. The zero-order valence-corrected chi connectivity index (χ0v) is 13.0. The first-order valence-electron chi connectivity index (χ1n) is 7.37. The molecule has 1 amide bonds. The maximum Gasteiger partial charge on any atom is 0.251 e. The number of carbonyl (C=O) groups is 1. The number of ether oxygens (including phenoxy) is 1. The highest BCUT2D eigenvalue weighted by Gasteiger charge is 2.25. The summed E-state index contributed by atoms with van der Waals surface area (Å²) in [6, 6.07) is 5.24. The van der Waals surface area contributed by atoms with Crippen LogP contribution in [-0.4, -0.2) is 36.9 Å². The van der Waals surface area contributed by atoms with Gasteiger partial charge >= 0.3 is 0 Å². The van der Waals surface area contributed by atoms with Crippen molar-refractivity contribution >= 4 is 17.5 Å². The van der Waals surface area contributed by atoms with Gasteiger partial charge in [-0.15, -0.1) is 0 Å². The highest BCUT2D eigenvalue weighted by Crippen LogP contribution is 2.22. The summed E-state index contributed by atoms with van der Waals surface area (Å²) in [7, 11) is 0. The molecule has 0 bridgehead atoms. The quantitative estimate of drug-likeness (QED) is 0.878. The second kappa shape index (κ2) is 7.78. The highest BCUT2D eigenvalue weighted by molar-refractivity contribution is 6.31. The zero-order valence-electron chi connectivity index (χ0n) is 12.3. The van der Waals surface area contributed by atoms with Crippen LogP contribution in [0.15, 0.2) is 18.2 Å². The van der Waals surface area contributed by atoms with Gasteiger partial charge in [0.05, 0.1) is 0 Å². The van der Waals surface area contributed by atoms with Gasteiger partial charge in [0, 0.05) is 36.4 Å². The van der Waals surface area contributed by atoms with Crippen molar-refractivity contribution < 1.29 is 14.6 Å². The molecule has 1 aromatic carbocycles. The summed E-state index contributed by atoms with van der Waals surface area (Å²) >= 11 is 5.98. The lowest BCUT2D eigenvalue weighted by atomic mass is 9.89. The van der Waals surface area contributed by atoms with E-state index in [0.29, 0.717) is 22.9 Å². The SMILES string of the molecule is Cc1cc(C(=O)NC(CCO)C2CCOCC2)ccc1Cl. The Morgan fingerprint density at radius 3 is 2.81 bits per heavy atom. The van der Waals surface area contributed by atoms with Gasteiger partial charge in [-0.3, -0.25) is 4.79 Å². The number of aryl methyl sites for hydroxylation is 1. The number of carbonyl (C=O) groups excluding carboxylic acids is 1. The topological polar surface area (TPSA) is 58.6 Å². The third kappa shape index (κ3) is 4.43. The summed E-state index contributed by atoms with van der Waals surface area (Å²) in [5.41, 5.74) is 1.49. The van der Waals surface area contributed by atoms with Gasteiger partial charge in [0.1, 0.15) is 0 Å². The van der Waals surface area contributed by atoms with Gasteiger partial charge in [-0.25, -0.2) is 0 Å². The number of rotatable bonds is 5. The summed E-state index contributed by atoms with van der Waals surface area (Å²) in [5, 5.41) is 12.9. The molecular weight excluding hydrogens is 290 g/mol. The van der Waals surface area contributed by atoms with Crippen LogP contribution in [-0.2, 0) is 4.74 Å². The van der Waals surface area contributed by atoms with E-state index in [4.69, 9.17) is 16.3 Å². The number of aliphatic hydroxyl groups is 1. The molecule has 1 fully saturated rings. The average molecular weight is 312 g/mol. The lowest BCUT2D eigenvalue weighted by molar-refractivity contribution is 0.0479. The molecule has 5 heteroatoms. The lowest BCUT2D eigenvalue weighted by Crippen LogP contribution is -2.43. The third-order valence-corrected chi connectivity index (χ3v) is 4.44. The highest BCUT2D eigenvalue weighted by atomic mass is 35.5. The minimum Gasteiger partial charge on any atom is -0.396 e. The fourth-order valence-electron chi connectivity index (χ4n) is 2.72. The van der Waals surface area contributed by atoms with Crippen LogP contribution in [0.1, 0.15) is 35.2 Å². The first kappa shape index (κ1) is 16.3. The third-order valence-electron chi connectivity index (χ3n) is 4.01.